The Labute approximate surface area is 162 Å². The lowest BCUT2D eigenvalue weighted by atomic mass is 9.54. The lowest BCUT2D eigenvalue weighted by Crippen LogP contribution is -2.59. The van der Waals surface area contributed by atoms with Crippen molar-refractivity contribution in [3.8, 4) is 0 Å². The van der Waals surface area contributed by atoms with E-state index >= 15 is 0 Å². The summed E-state index contributed by atoms with van der Waals surface area (Å²) in [5.74, 6) is 3.06. The molecule has 4 heteroatoms. The van der Waals surface area contributed by atoms with Crippen LogP contribution >= 0.6 is 0 Å². The van der Waals surface area contributed by atoms with E-state index in [1.54, 1.807) is 0 Å². The Bertz CT molecular complexity index is 657. The molecule has 1 unspecified atom stereocenters. The maximum atomic E-state index is 12.8. The summed E-state index contributed by atoms with van der Waals surface area (Å²) in [5, 5.41) is 6.28. The lowest BCUT2D eigenvalue weighted by molar-refractivity contribution is -0.123. The number of rotatable bonds is 6. The van der Waals surface area contributed by atoms with Crippen LogP contribution in [0.3, 0.4) is 0 Å². The van der Waals surface area contributed by atoms with Crippen molar-refractivity contribution in [2.24, 2.45) is 29.6 Å². The Morgan fingerprint density at radius 1 is 0.963 bits per heavy atom. The zero-order chi connectivity index (χ0) is 19.0. The van der Waals surface area contributed by atoms with Crippen molar-refractivity contribution < 1.29 is 9.59 Å². The number of nitrogens with one attached hydrogen (secondary N) is 2. The van der Waals surface area contributed by atoms with E-state index in [2.05, 4.69) is 10.6 Å². The van der Waals surface area contributed by atoms with Crippen molar-refractivity contribution in [3.63, 3.8) is 0 Å². The average molecular weight is 369 g/mol. The van der Waals surface area contributed by atoms with Gasteiger partial charge in [0.2, 0.25) is 0 Å². The lowest BCUT2D eigenvalue weighted by Gasteiger charge is -2.54. The normalized spacial score (nSPS) is 32.3. The van der Waals surface area contributed by atoms with Gasteiger partial charge >= 0.3 is 6.03 Å². The maximum absolute atomic E-state index is 12.8. The zero-order valence-electron chi connectivity index (χ0n) is 16.5. The second kappa shape index (κ2) is 7.65. The molecule has 0 saturated heterocycles. The molecule has 1 aromatic carbocycles. The van der Waals surface area contributed by atoms with Crippen LogP contribution in [0.15, 0.2) is 30.3 Å². The minimum Gasteiger partial charge on any atom is -0.335 e. The highest BCUT2D eigenvalue weighted by Gasteiger charge is 2.48. The van der Waals surface area contributed by atoms with Crippen molar-refractivity contribution in [2.75, 3.05) is 0 Å². The first-order chi connectivity index (χ1) is 13.0. The van der Waals surface area contributed by atoms with Gasteiger partial charge in [-0.15, -0.1) is 0 Å². The predicted molar refractivity (Wildman–Crippen MR) is 106 cm³/mol. The molecule has 0 heterocycles. The van der Waals surface area contributed by atoms with Crippen LogP contribution in [-0.4, -0.2) is 23.9 Å². The smallest absolute Gasteiger partial charge is 0.315 e. The standard InChI is InChI=1S/C23H32N2O2/c1-14(2)22(26)20(13-15-6-4-3-5-7-15)24-23(27)25-21-18-9-16-8-17(11-18)12-19(21)10-16/h3-7,14,16-21H,8-13H2,1-2H3,(H2,24,25,27). The summed E-state index contributed by atoms with van der Waals surface area (Å²) in [4.78, 5) is 25.5. The third kappa shape index (κ3) is 4.04. The summed E-state index contributed by atoms with van der Waals surface area (Å²) in [6.45, 7) is 3.80. The van der Waals surface area contributed by atoms with Crippen LogP contribution in [0.5, 0.6) is 0 Å². The Morgan fingerprint density at radius 2 is 1.56 bits per heavy atom. The van der Waals surface area contributed by atoms with E-state index in [-0.39, 0.29) is 17.7 Å². The number of carbonyl (C=O) groups excluding carboxylic acids is 2. The molecule has 2 amide bonds. The molecule has 27 heavy (non-hydrogen) atoms. The van der Waals surface area contributed by atoms with E-state index in [0.717, 1.165) is 17.4 Å². The number of hydrogen-bond donors (Lipinski definition) is 2. The Balaban J connectivity index is 1.40. The van der Waals surface area contributed by atoms with Crippen LogP contribution in [0.4, 0.5) is 4.79 Å². The van der Waals surface area contributed by atoms with Gasteiger partial charge in [-0.1, -0.05) is 44.2 Å². The summed E-state index contributed by atoms with van der Waals surface area (Å²) in [6, 6.07) is 9.60. The van der Waals surface area contributed by atoms with Crippen molar-refractivity contribution in [3.05, 3.63) is 35.9 Å². The van der Waals surface area contributed by atoms with E-state index in [1.807, 2.05) is 44.2 Å². The van der Waals surface area contributed by atoms with E-state index in [9.17, 15) is 9.59 Å². The van der Waals surface area contributed by atoms with Gasteiger partial charge in [0.15, 0.2) is 5.78 Å². The third-order valence-electron chi connectivity index (χ3n) is 7.02. The van der Waals surface area contributed by atoms with Gasteiger partial charge in [-0.05, 0) is 67.8 Å². The molecule has 1 aromatic rings. The van der Waals surface area contributed by atoms with Gasteiger partial charge in [-0.3, -0.25) is 4.79 Å². The first-order valence-corrected chi connectivity index (χ1v) is 10.6. The predicted octanol–water partition coefficient (Wildman–Crippen LogP) is 3.95. The van der Waals surface area contributed by atoms with Crippen LogP contribution < -0.4 is 10.6 Å². The summed E-state index contributed by atoms with van der Waals surface area (Å²) in [7, 11) is 0. The first-order valence-electron chi connectivity index (χ1n) is 10.6. The van der Waals surface area contributed by atoms with Gasteiger partial charge in [0.25, 0.3) is 0 Å². The summed E-state index contributed by atoms with van der Waals surface area (Å²) < 4.78 is 0. The molecule has 5 rings (SSSR count). The number of urea groups is 1. The minimum absolute atomic E-state index is 0.0964. The maximum Gasteiger partial charge on any atom is 0.315 e. The molecule has 4 nitrogen and oxygen atoms in total. The van der Waals surface area contributed by atoms with Gasteiger partial charge in [0.05, 0.1) is 6.04 Å². The van der Waals surface area contributed by atoms with Crippen molar-refractivity contribution in [1.82, 2.24) is 10.6 Å². The Morgan fingerprint density at radius 3 is 2.11 bits per heavy atom. The molecule has 4 aliphatic carbocycles. The summed E-state index contributed by atoms with van der Waals surface area (Å²) in [5.41, 5.74) is 1.08. The number of Topliss-reactive ketones (excluding diaryl/α,β-unsaturated/α-hetero) is 1. The topological polar surface area (TPSA) is 58.2 Å². The monoisotopic (exact) mass is 368 g/mol. The molecule has 4 saturated carbocycles. The van der Waals surface area contributed by atoms with Crippen LogP contribution in [0.2, 0.25) is 0 Å². The number of hydrogen-bond acceptors (Lipinski definition) is 2. The van der Waals surface area contributed by atoms with Crippen LogP contribution in [0.25, 0.3) is 0 Å². The molecule has 1 atom stereocenters. The van der Waals surface area contributed by atoms with Gasteiger partial charge in [0.1, 0.15) is 0 Å². The van der Waals surface area contributed by atoms with E-state index in [4.69, 9.17) is 0 Å². The molecule has 0 aliphatic heterocycles. The summed E-state index contributed by atoms with van der Waals surface area (Å²) in [6.07, 6.45) is 7.06. The van der Waals surface area contributed by atoms with Crippen LogP contribution in [0, 0.1) is 29.6 Å². The molecule has 4 aliphatic rings. The summed E-state index contributed by atoms with van der Waals surface area (Å²) >= 11 is 0. The van der Waals surface area contributed by atoms with Crippen LogP contribution in [-0.2, 0) is 11.2 Å². The van der Waals surface area contributed by atoms with Gasteiger partial charge in [-0.2, -0.15) is 0 Å². The third-order valence-corrected chi connectivity index (χ3v) is 7.02. The highest BCUT2D eigenvalue weighted by Crippen LogP contribution is 2.53. The Kier molecular flexibility index (Phi) is 5.25. The van der Waals surface area contributed by atoms with Crippen molar-refractivity contribution in [1.29, 1.82) is 0 Å². The number of carbonyl (C=O) groups is 2. The zero-order valence-corrected chi connectivity index (χ0v) is 16.5. The fraction of sp³-hybridized carbons (Fsp3) is 0.652. The second-order valence-electron chi connectivity index (χ2n) is 9.37. The van der Waals surface area contributed by atoms with Gasteiger partial charge in [0, 0.05) is 12.0 Å². The van der Waals surface area contributed by atoms with Crippen LogP contribution in [0.1, 0.15) is 51.5 Å². The minimum atomic E-state index is -0.468. The molecule has 146 valence electrons. The van der Waals surface area contributed by atoms with E-state index < -0.39 is 6.04 Å². The van der Waals surface area contributed by atoms with Gasteiger partial charge in [-0.25, -0.2) is 4.79 Å². The SMILES string of the molecule is CC(C)C(=O)C(Cc1ccccc1)NC(=O)NC1C2CC3CC(C2)CC1C3. The number of benzene rings is 1. The fourth-order valence-electron chi connectivity index (χ4n) is 5.99. The molecular formula is C23H32N2O2. The highest BCUT2D eigenvalue weighted by atomic mass is 16.2. The largest absolute Gasteiger partial charge is 0.335 e. The molecule has 0 aromatic heterocycles. The van der Waals surface area contributed by atoms with Crippen molar-refractivity contribution >= 4 is 11.8 Å². The fourth-order valence-corrected chi connectivity index (χ4v) is 5.99. The average Bonchev–Trinajstić information content (AvgIpc) is 2.63. The molecular weight excluding hydrogens is 336 g/mol. The first kappa shape index (κ1) is 18.5. The molecule has 4 fully saturated rings. The van der Waals surface area contributed by atoms with E-state index in [0.29, 0.717) is 24.3 Å². The molecule has 2 N–H and O–H groups in total. The molecule has 4 bridgehead atoms. The van der Waals surface area contributed by atoms with Gasteiger partial charge < -0.3 is 10.6 Å². The molecule has 0 radical (unpaired) electrons. The van der Waals surface area contributed by atoms with E-state index in [1.165, 1.54) is 32.1 Å². The Hall–Kier alpha value is -1.84. The van der Waals surface area contributed by atoms with Crippen molar-refractivity contribution in [2.45, 2.75) is 64.5 Å². The number of amides is 2. The molecule has 0 spiro atoms. The second-order valence-corrected chi connectivity index (χ2v) is 9.37. The number of ketones is 1. The highest BCUT2D eigenvalue weighted by molar-refractivity contribution is 5.90. The quantitative estimate of drug-likeness (QED) is 0.799.